The van der Waals surface area contributed by atoms with Crippen LogP contribution in [-0.4, -0.2) is 19.9 Å². The molecule has 0 saturated carbocycles. The van der Waals surface area contributed by atoms with E-state index in [1.54, 1.807) is 6.92 Å². The predicted octanol–water partition coefficient (Wildman–Crippen LogP) is 3.71. The number of carbonyl (C=O) groups is 1. The Balaban J connectivity index is 0.00000259. The summed E-state index contributed by atoms with van der Waals surface area (Å²) >= 11 is 1.15. The molecule has 3 heterocycles. The Kier molecular flexibility index (Phi) is 6.22. The molecular weight excluding hydrogens is 460 g/mol. The van der Waals surface area contributed by atoms with Crippen molar-refractivity contribution in [1.29, 1.82) is 0 Å². The van der Waals surface area contributed by atoms with Crippen molar-refractivity contribution in [3.05, 3.63) is 109 Å². The molecule has 0 bridgehead atoms. The average Bonchev–Trinajstić information content (AvgIpc) is 3.47. The Morgan fingerprint density at radius 2 is 1.85 bits per heavy atom. The van der Waals surface area contributed by atoms with Crippen LogP contribution in [0.3, 0.4) is 0 Å². The number of aryl methyl sites for hydroxylation is 1. The number of aromatic amines is 1. The van der Waals surface area contributed by atoms with Crippen LogP contribution in [0.25, 0.3) is 15.7 Å². The van der Waals surface area contributed by atoms with E-state index in [1.165, 1.54) is 15.2 Å². The van der Waals surface area contributed by atoms with E-state index in [2.05, 4.69) is 10.3 Å². The van der Waals surface area contributed by atoms with Crippen molar-refractivity contribution in [3.8, 4) is 0 Å². The maximum Gasteiger partial charge on any atom is 0.336 e. The molecule has 0 saturated heterocycles. The largest absolute Gasteiger partial charge is 0.361 e. The maximum absolute atomic E-state index is 13.0. The van der Waals surface area contributed by atoms with Gasteiger partial charge in [0.15, 0.2) is 0 Å². The minimum Gasteiger partial charge on any atom is -0.361 e. The molecule has 0 fully saturated rings. The van der Waals surface area contributed by atoms with Gasteiger partial charge in [0.1, 0.15) is 9.71 Å². The number of hydrogen-bond donors (Lipinski definition) is 2. The van der Waals surface area contributed by atoms with Gasteiger partial charge in [-0.15, -0.1) is 23.7 Å². The second-order valence-corrected chi connectivity index (χ2v) is 8.67. The molecular formula is C24H21ClN4O3S. The molecule has 7 nitrogen and oxygen atoms in total. The number of nitrogens with zero attached hydrogens (tertiary/aromatic N) is 2. The van der Waals surface area contributed by atoms with Crippen molar-refractivity contribution >= 4 is 45.4 Å². The highest BCUT2D eigenvalue weighted by Gasteiger charge is 2.17. The van der Waals surface area contributed by atoms with E-state index in [-0.39, 0.29) is 30.4 Å². The van der Waals surface area contributed by atoms with E-state index in [0.717, 1.165) is 33.4 Å². The summed E-state index contributed by atoms with van der Waals surface area (Å²) in [6, 6.07) is 17.3. The van der Waals surface area contributed by atoms with Crippen LogP contribution in [0, 0.1) is 6.92 Å². The van der Waals surface area contributed by atoms with E-state index in [9.17, 15) is 14.4 Å². The fourth-order valence-electron chi connectivity index (χ4n) is 3.76. The molecule has 0 aliphatic carbocycles. The lowest BCUT2D eigenvalue weighted by atomic mass is 10.1. The standard InChI is InChI=1S/C24H20N4O3S.ClH/c1-15-22(30)27(13-16-5-3-2-4-6-16)24(31)28-14-20(32-23(15)28)21(29)26-12-17-7-8-19-18(11-17)9-10-25-19;/h2-11,14,25H,12-13H2,1H3,(H,26,29);1H. The van der Waals surface area contributed by atoms with E-state index in [1.807, 2.05) is 60.8 Å². The maximum atomic E-state index is 13.0. The van der Waals surface area contributed by atoms with Crippen molar-refractivity contribution in [1.82, 2.24) is 19.3 Å². The van der Waals surface area contributed by atoms with Gasteiger partial charge in [-0.1, -0.05) is 36.4 Å². The molecule has 9 heteroatoms. The van der Waals surface area contributed by atoms with Crippen molar-refractivity contribution in [3.63, 3.8) is 0 Å². The predicted molar refractivity (Wildman–Crippen MR) is 133 cm³/mol. The summed E-state index contributed by atoms with van der Waals surface area (Å²) in [6.45, 7) is 2.23. The monoisotopic (exact) mass is 480 g/mol. The van der Waals surface area contributed by atoms with Crippen LogP contribution in [0.5, 0.6) is 0 Å². The second-order valence-electron chi connectivity index (χ2n) is 7.64. The normalized spacial score (nSPS) is 10.9. The van der Waals surface area contributed by atoms with Crippen LogP contribution < -0.4 is 16.6 Å². The Labute approximate surface area is 198 Å². The summed E-state index contributed by atoms with van der Waals surface area (Å²) in [5, 5.41) is 3.98. The summed E-state index contributed by atoms with van der Waals surface area (Å²) in [6.07, 6.45) is 3.39. The number of carbonyl (C=O) groups excluding carboxylic acids is 1. The molecule has 0 radical (unpaired) electrons. The minimum absolute atomic E-state index is 0. The van der Waals surface area contributed by atoms with Crippen molar-refractivity contribution in [2.24, 2.45) is 0 Å². The number of halogens is 1. The lowest BCUT2D eigenvalue weighted by Gasteiger charge is -2.07. The first-order chi connectivity index (χ1) is 15.5. The summed E-state index contributed by atoms with van der Waals surface area (Å²) in [4.78, 5) is 42.6. The smallest absolute Gasteiger partial charge is 0.336 e. The van der Waals surface area contributed by atoms with Crippen molar-refractivity contribution < 1.29 is 4.79 Å². The quantitative estimate of drug-likeness (QED) is 0.402. The van der Waals surface area contributed by atoms with Crippen molar-refractivity contribution in [2.45, 2.75) is 20.0 Å². The number of amides is 1. The summed E-state index contributed by atoms with van der Waals surface area (Å²) in [5.41, 5.74) is 2.53. The number of benzene rings is 2. The van der Waals surface area contributed by atoms with Gasteiger partial charge in [-0.25, -0.2) is 4.79 Å². The third-order valence-electron chi connectivity index (χ3n) is 5.47. The first kappa shape index (κ1) is 22.6. The van der Waals surface area contributed by atoms with Crippen LogP contribution in [-0.2, 0) is 13.1 Å². The number of thiazole rings is 1. The number of H-pyrrole nitrogens is 1. The van der Waals surface area contributed by atoms with Crippen LogP contribution in [0.1, 0.15) is 26.4 Å². The summed E-state index contributed by atoms with van der Waals surface area (Å²) < 4.78 is 2.60. The number of hydrogen-bond acceptors (Lipinski definition) is 4. The minimum atomic E-state index is -0.451. The lowest BCUT2D eigenvalue weighted by molar-refractivity contribution is 0.0954. The molecule has 33 heavy (non-hydrogen) atoms. The van der Waals surface area contributed by atoms with Gasteiger partial charge < -0.3 is 10.3 Å². The molecule has 2 aromatic carbocycles. The summed E-state index contributed by atoms with van der Waals surface area (Å²) in [5.74, 6) is -0.284. The van der Waals surface area contributed by atoms with E-state index >= 15 is 0 Å². The lowest BCUT2D eigenvalue weighted by Crippen LogP contribution is -2.38. The number of nitrogens with one attached hydrogen (secondary N) is 2. The molecule has 2 N–H and O–H groups in total. The van der Waals surface area contributed by atoms with E-state index in [4.69, 9.17) is 0 Å². The Morgan fingerprint density at radius 1 is 1.06 bits per heavy atom. The van der Waals surface area contributed by atoms with Crippen LogP contribution >= 0.6 is 23.7 Å². The highest BCUT2D eigenvalue weighted by Crippen LogP contribution is 2.19. The van der Waals surface area contributed by atoms with Gasteiger partial charge in [0.25, 0.3) is 11.5 Å². The molecule has 0 aliphatic rings. The van der Waals surface area contributed by atoms with Gasteiger partial charge >= 0.3 is 5.69 Å². The Hall–Kier alpha value is -3.62. The number of aromatic nitrogens is 3. The van der Waals surface area contributed by atoms with Gasteiger partial charge in [-0.2, -0.15) is 0 Å². The Bertz CT molecular complexity index is 1580. The molecule has 5 aromatic rings. The van der Waals surface area contributed by atoms with Crippen molar-refractivity contribution in [2.75, 3.05) is 0 Å². The fraction of sp³-hybridized carbons (Fsp3) is 0.125. The summed E-state index contributed by atoms with van der Waals surface area (Å²) in [7, 11) is 0. The van der Waals surface area contributed by atoms with Crippen LogP contribution in [0.4, 0.5) is 0 Å². The molecule has 5 rings (SSSR count). The zero-order chi connectivity index (χ0) is 22.2. The first-order valence-electron chi connectivity index (χ1n) is 10.1. The van der Waals surface area contributed by atoms with Gasteiger partial charge in [0, 0.05) is 30.0 Å². The Morgan fingerprint density at radius 3 is 2.64 bits per heavy atom. The zero-order valence-electron chi connectivity index (χ0n) is 17.7. The molecule has 1 amide bonds. The molecule has 0 unspecified atom stereocenters. The third kappa shape index (κ3) is 4.22. The highest BCUT2D eigenvalue weighted by molar-refractivity contribution is 7.19. The van der Waals surface area contributed by atoms with Gasteiger partial charge in [-0.05, 0) is 41.6 Å². The highest BCUT2D eigenvalue weighted by atomic mass is 35.5. The molecule has 0 atom stereocenters. The first-order valence-corrected chi connectivity index (χ1v) is 11.0. The van der Waals surface area contributed by atoms with Gasteiger partial charge in [-0.3, -0.25) is 18.6 Å². The third-order valence-corrected chi connectivity index (χ3v) is 6.68. The molecule has 168 valence electrons. The molecule has 3 aromatic heterocycles. The number of rotatable bonds is 5. The zero-order valence-corrected chi connectivity index (χ0v) is 19.3. The van der Waals surface area contributed by atoms with Gasteiger partial charge in [0.2, 0.25) is 0 Å². The molecule has 0 aliphatic heterocycles. The van der Waals surface area contributed by atoms with E-state index in [0.29, 0.717) is 21.8 Å². The van der Waals surface area contributed by atoms with E-state index < -0.39 is 5.69 Å². The average molecular weight is 481 g/mol. The SMILES string of the molecule is Cc1c(=O)n(Cc2ccccc2)c(=O)n2cc(C(=O)NCc3ccc4[nH]ccc4c3)sc12.Cl. The fourth-order valence-corrected chi connectivity index (χ4v) is 4.76. The van der Waals surface area contributed by atoms with Gasteiger partial charge in [0.05, 0.1) is 6.54 Å². The second kappa shape index (κ2) is 9.09. The number of fused-ring (bicyclic) bond motifs is 2. The molecule has 0 spiro atoms. The van der Waals surface area contributed by atoms with Crippen LogP contribution in [0.2, 0.25) is 0 Å². The topological polar surface area (TPSA) is 88.4 Å². The van der Waals surface area contributed by atoms with Crippen LogP contribution in [0.15, 0.2) is 76.6 Å².